The van der Waals surface area contributed by atoms with Crippen molar-refractivity contribution < 1.29 is 9.84 Å². The Morgan fingerprint density at radius 3 is 2.92 bits per heavy atom. The first-order valence-electron chi connectivity index (χ1n) is 4.47. The van der Waals surface area contributed by atoms with E-state index >= 15 is 0 Å². The SMILES string of the molecule is OCc1cncc(OC2CCC2)n1. The summed E-state index contributed by atoms with van der Waals surface area (Å²) in [5, 5.41) is 8.81. The molecule has 1 heterocycles. The van der Waals surface area contributed by atoms with Gasteiger partial charge in [0.05, 0.1) is 24.7 Å². The van der Waals surface area contributed by atoms with Crippen LogP contribution in [0.3, 0.4) is 0 Å². The monoisotopic (exact) mass is 180 g/mol. The molecule has 0 atom stereocenters. The Kier molecular flexibility index (Phi) is 2.40. The molecule has 1 fully saturated rings. The van der Waals surface area contributed by atoms with Gasteiger partial charge >= 0.3 is 0 Å². The van der Waals surface area contributed by atoms with Crippen molar-refractivity contribution >= 4 is 0 Å². The van der Waals surface area contributed by atoms with Crippen molar-refractivity contribution in [1.82, 2.24) is 9.97 Å². The lowest BCUT2D eigenvalue weighted by molar-refractivity contribution is 0.113. The van der Waals surface area contributed by atoms with Crippen LogP contribution in [0.5, 0.6) is 5.88 Å². The fourth-order valence-electron chi connectivity index (χ4n) is 1.18. The predicted octanol–water partition coefficient (Wildman–Crippen LogP) is 0.900. The van der Waals surface area contributed by atoms with Crippen LogP contribution in [0.4, 0.5) is 0 Å². The maximum absolute atomic E-state index is 8.81. The zero-order valence-corrected chi connectivity index (χ0v) is 7.31. The summed E-state index contributed by atoms with van der Waals surface area (Å²) in [5.74, 6) is 0.524. The quantitative estimate of drug-likeness (QED) is 0.750. The Morgan fingerprint density at radius 2 is 2.31 bits per heavy atom. The van der Waals surface area contributed by atoms with E-state index < -0.39 is 0 Å². The van der Waals surface area contributed by atoms with Crippen LogP contribution in [0.2, 0.25) is 0 Å². The van der Waals surface area contributed by atoms with Gasteiger partial charge in [-0.05, 0) is 19.3 Å². The molecule has 1 aliphatic rings. The summed E-state index contributed by atoms with van der Waals surface area (Å²) in [7, 11) is 0. The topological polar surface area (TPSA) is 55.2 Å². The third-order valence-electron chi connectivity index (χ3n) is 2.16. The highest BCUT2D eigenvalue weighted by atomic mass is 16.5. The van der Waals surface area contributed by atoms with Gasteiger partial charge in [0.25, 0.3) is 0 Å². The second kappa shape index (κ2) is 3.70. The molecule has 0 unspecified atom stereocenters. The maximum Gasteiger partial charge on any atom is 0.232 e. The number of aliphatic hydroxyl groups is 1. The molecule has 1 aromatic rings. The van der Waals surface area contributed by atoms with Crippen LogP contribution in [-0.2, 0) is 6.61 Å². The minimum absolute atomic E-state index is 0.0884. The van der Waals surface area contributed by atoms with Crippen molar-refractivity contribution in [3.63, 3.8) is 0 Å². The lowest BCUT2D eigenvalue weighted by atomic mass is 9.96. The molecule has 4 heteroatoms. The molecule has 0 amide bonds. The van der Waals surface area contributed by atoms with Gasteiger partial charge < -0.3 is 9.84 Å². The van der Waals surface area contributed by atoms with Crippen molar-refractivity contribution in [2.75, 3.05) is 0 Å². The number of hydrogen-bond donors (Lipinski definition) is 1. The van der Waals surface area contributed by atoms with E-state index in [1.54, 1.807) is 6.20 Å². The zero-order valence-electron chi connectivity index (χ0n) is 7.31. The summed E-state index contributed by atoms with van der Waals surface area (Å²) >= 11 is 0. The highest BCUT2D eigenvalue weighted by molar-refractivity contribution is 5.08. The van der Waals surface area contributed by atoms with Gasteiger partial charge in [-0.1, -0.05) is 0 Å². The Balaban J connectivity index is 2.01. The van der Waals surface area contributed by atoms with E-state index in [4.69, 9.17) is 9.84 Å². The molecular weight excluding hydrogens is 168 g/mol. The van der Waals surface area contributed by atoms with E-state index in [0.29, 0.717) is 17.7 Å². The number of ether oxygens (including phenoxy) is 1. The fraction of sp³-hybridized carbons (Fsp3) is 0.556. The molecule has 2 rings (SSSR count). The van der Waals surface area contributed by atoms with Crippen molar-refractivity contribution in [3.05, 3.63) is 18.1 Å². The molecule has 70 valence electrons. The Morgan fingerprint density at radius 1 is 1.46 bits per heavy atom. The summed E-state index contributed by atoms with van der Waals surface area (Å²) in [6.45, 7) is -0.0884. The van der Waals surface area contributed by atoms with Crippen molar-refractivity contribution in [1.29, 1.82) is 0 Å². The summed E-state index contributed by atoms with van der Waals surface area (Å²) in [5.41, 5.74) is 0.553. The van der Waals surface area contributed by atoms with Crippen LogP contribution in [-0.4, -0.2) is 21.2 Å². The lowest BCUT2D eigenvalue weighted by Gasteiger charge is -2.25. The zero-order chi connectivity index (χ0) is 9.10. The molecule has 0 spiro atoms. The summed E-state index contributed by atoms with van der Waals surface area (Å²) in [6.07, 6.45) is 6.86. The second-order valence-corrected chi connectivity index (χ2v) is 3.18. The smallest absolute Gasteiger partial charge is 0.232 e. The Hall–Kier alpha value is -1.16. The minimum atomic E-state index is -0.0884. The van der Waals surface area contributed by atoms with Gasteiger partial charge in [0, 0.05) is 0 Å². The number of nitrogens with zero attached hydrogens (tertiary/aromatic N) is 2. The third-order valence-corrected chi connectivity index (χ3v) is 2.16. The first-order chi connectivity index (χ1) is 6.38. The summed E-state index contributed by atoms with van der Waals surface area (Å²) in [4.78, 5) is 8.00. The predicted molar refractivity (Wildman–Crippen MR) is 46.2 cm³/mol. The minimum Gasteiger partial charge on any atom is -0.473 e. The highest BCUT2D eigenvalue weighted by Crippen LogP contribution is 2.23. The van der Waals surface area contributed by atoms with E-state index in [2.05, 4.69) is 9.97 Å². The molecule has 1 N–H and O–H groups in total. The second-order valence-electron chi connectivity index (χ2n) is 3.18. The molecule has 0 saturated heterocycles. The van der Waals surface area contributed by atoms with E-state index in [-0.39, 0.29) is 6.61 Å². The number of rotatable bonds is 3. The largest absolute Gasteiger partial charge is 0.473 e. The molecule has 4 nitrogen and oxygen atoms in total. The molecule has 1 aliphatic carbocycles. The maximum atomic E-state index is 8.81. The molecule has 0 aliphatic heterocycles. The van der Waals surface area contributed by atoms with Gasteiger partial charge in [0.15, 0.2) is 0 Å². The lowest BCUT2D eigenvalue weighted by Crippen LogP contribution is -2.25. The molecule has 0 aromatic carbocycles. The molecule has 1 aromatic heterocycles. The third kappa shape index (κ3) is 1.95. The van der Waals surface area contributed by atoms with E-state index in [9.17, 15) is 0 Å². The van der Waals surface area contributed by atoms with Gasteiger partial charge in [-0.3, -0.25) is 4.98 Å². The van der Waals surface area contributed by atoms with E-state index in [1.807, 2.05) is 0 Å². The van der Waals surface area contributed by atoms with Crippen molar-refractivity contribution in [2.45, 2.75) is 32.0 Å². The van der Waals surface area contributed by atoms with Crippen LogP contribution >= 0.6 is 0 Å². The molecule has 0 radical (unpaired) electrons. The summed E-state index contributed by atoms with van der Waals surface area (Å²) < 4.78 is 5.51. The van der Waals surface area contributed by atoms with Crippen LogP contribution in [0.25, 0.3) is 0 Å². The molecule has 13 heavy (non-hydrogen) atoms. The van der Waals surface area contributed by atoms with Crippen LogP contribution < -0.4 is 4.74 Å². The Bertz CT molecular complexity index is 287. The van der Waals surface area contributed by atoms with Gasteiger partial charge in [0.2, 0.25) is 5.88 Å². The number of aliphatic hydroxyl groups excluding tert-OH is 1. The number of aromatic nitrogens is 2. The van der Waals surface area contributed by atoms with Crippen LogP contribution in [0, 0.1) is 0 Å². The highest BCUT2D eigenvalue weighted by Gasteiger charge is 2.19. The average Bonchev–Trinajstić information content (AvgIpc) is 2.12. The van der Waals surface area contributed by atoms with Crippen molar-refractivity contribution in [2.24, 2.45) is 0 Å². The molecule has 1 saturated carbocycles. The average molecular weight is 180 g/mol. The normalized spacial score (nSPS) is 16.7. The van der Waals surface area contributed by atoms with Gasteiger partial charge in [-0.15, -0.1) is 0 Å². The van der Waals surface area contributed by atoms with Gasteiger partial charge in [0.1, 0.15) is 6.10 Å². The molecular formula is C9H12N2O2. The first-order valence-corrected chi connectivity index (χ1v) is 4.47. The van der Waals surface area contributed by atoms with E-state index in [1.165, 1.54) is 12.6 Å². The standard InChI is InChI=1S/C9H12N2O2/c12-6-7-4-10-5-9(11-7)13-8-2-1-3-8/h4-5,8,12H,1-3,6H2. The van der Waals surface area contributed by atoms with Crippen molar-refractivity contribution in [3.8, 4) is 5.88 Å². The Labute approximate surface area is 76.6 Å². The van der Waals surface area contributed by atoms with Crippen LogP contribution in [0.15, 0.2) is 12.4 Å². The summed E-state index contributed by atoms with van der Waals surface area (Å²) in [6, 6.07) is 0. The number of hydrogen-bond acceptors (Lipinski definition) is 4. The van der Waals surface area contributed by atoms with Gasteiger partial charge in [-0.2, -0.15) is 0 Å². The van der Waals surface area contributed by atoms with Gasteiger partial charge in [-0.25, -0.2) is 4.98 Å². The molecule has 0 bridgehead atoms. The van der Waals surface area contributed by atoms with E-state index in [0.717, 1.165) is 12.8 Å². The first kappa shape index (κ1) is 8.44. The van der Waals surface area contributed by atoms with Crippen LogP contribution in [0.1, 0.15) is 25.0 Å². The fourth-order valence-corrected chi connectivity index (χ4v) is 1.18.